The molecule has 7 heteroatoms. The molecule has 0 aliphatic carbocycles. The number of phenols is 2. The van der Waals surface area contributed by atoms with Crippen LogP contribution >= 0.6 is 11.6 Å². The van der Waals surface area contributed by atoms with Crippen molar-refractivity contribution in [2.24, 2.45) is 0 Å². The summed E-state index contributed by atoms with van der Waals surface area (Å²) in [7, 11) is 1.50. The number of carbonyl (C=O) groups is 1. The van der Waals surface area contributed by atoms with Gasteiger partial charge in [-0.2, -0.15) is 0 Å². The molecule has 1 atom stereocenters. The number of likely N-dealkylation sites (tertiary alicyclic amines) is 1. The third kappa shape index (κ3) is 6.25. The highest BCUT2D eigenvalue weighted by atomic mass is 35.5. The van der Waals surface area contributed by atoms with Crippen LogP contribution in [0.3, 0.4) is 0 Å². The highest BCUT2D eigenvalue weighted by Gasteiger charge is 2.29. The molecule has 4 rings (SSSR count). The summed E-state index contributed by atoms with van der Waals surface area (Å²) in [6.45, 7) is 13.2. The molecule has 0 spiro atoms. The number of methoxy groups -OCH3 is 1. The molecule has 0 bridgehead atoms. The summed E-state index contributed by atoms with van der Waals surface area (Å²) in [5.41, 5.74) is 5.62. The molecule has 3 aromatic carbocycles. The lowest BCUT2D eigenvalue weighted by atomic mass is 9.96. The Labute approximate surface area is 230 Å². The third-order valence-corrected chi connectivity index (χ3v) is 6.99. The van der Waals surface area contributed by atoms with E-state index in [1.165, 1.54) is 7.11 Å². The van der Waals surface area contributed by atoms with E-state index in [1.54, 1.807) is 31.2 Å². The molecule has 1 unspecified atom stereocenters. The number of carbonyl (C=O) groups excluding carboxylic acids is 1. The van der Waals surface area contributed by atoms with Crippen LogP contribution in [0.25, 0.3) is 5.70 Å². The Morgan fingerprint density at radius 3 is 2.53 bits per heavy atom. The van der Waals surface area contributed by atoms with Crippen LogP contribution in [0.5, 0.6) is 17.2 Å². The Kier molecular flexibility index (Phi) is 9.70. The first-order chi connectivity index (χ1) is 18.2. The maximum Gasteiger partial charge on any atom is 0.251 e. The van der Waals surface area contributed by atoms with Crippen molar-refractivity contribution in [2.75, 3.05) is 13.7 Å². The van der Waals surface area contributed by atoms with Gasteiger partial charge in [0.15, 0.2) is 11.5 Å². The van der Waals surface area contributed by atoms with Crippen molar-refractivity contribution in [2.45, 2.75) is 53.1 Å². The maximum atomic E-state index is 12.9. The molecule has 1 fully saturated rings. The fourth-order valence-electron chi connectivity index (χ4n) is 4.86. The number of hydrogen-bond acceptors (Lipinski definition) is 5. The number of phenolic OH excluding ortho intramolecular Hbond substituents is 2. The van der Waals surface area contributed by atoms with Crippen molar-refractivity contribution < 1.29 is 19.7 Å². The smallest absolute Gasteiger partial charge is 0.251 e. The van der Waals surface area contributed by atoms with Crippen LogP contribution in [-0.2, 0) is 6.54 Å². The van der Waals surface area contributed by atoms with Crippen molar-refractivity contribution in [1.29, 1.82) is 0 Å². The predicted molar refractivity (Wildman–Crippen MR) is 154 cm³/mol. The second kappa shape index (κ2) is 12.7. The maximum absolute atomic E-state index is 12.9. The van der Waals surface area contributed by atoms with Crippen LogP contribution in [-0.4, -0.2) is 34.7 Å². The van der Waals surface area contributed by atoms with Crippen molar-refractivity contribution in [3.63, 3.8) is 0 Å². The molecule has 1 aliphatic heterocycles. The van der Waals surface area contributed by atoms with Crippen molar-refractivity contribution in [3.8, 4) is 17.2 Å². The van der Waals surface area contributed by atoms with Crippen molar-refractivity contribution in [1.82, 2.24) is 10.2 Å². The molecular weight excluding hydrogens is 500 g/mol. The van der Waals surface area contributed by atoms with E-state index in [9.17, 15) is 15.0 Å². The Morgan fingerprint density at radius 1 is 1.11 bits per heavy atom. The van der Waals surface area contributed by atoms with Crippen LogP contribution in [0.4, 0.5) is 0 Å². The normalized spacial score (nSPS) is 14.5. The largest absolute Gasteiger partial charge is 0.507 e. The fourth-order valence-corrected chi connectivity index (χ4v) is 5.03. The van der Waals surface area contributed by atoms with Gasteiger partial charge in [-0.05, 0) is 85.3 Å². The van der Waals surface area contributed by atoms with E-state index in [0.717, 1.165) is 41.8 Å². The van der Waals surface area contributed by atoms with Gasteiger partial charge >= 0.3 is 0 Å². The number of benzene rings is 3. The van der Waals surface area contributed by atoms with Gasteiger partial charge in [-0.3, -0.25) is 4.79 Å². The molecule has 1 aliphatic rings. The lowest BCUT2D eigenvalue weighted by Gasteiger charge is -2.30. The van der Waals surface area contributed by atoms with Gasteiger partial charge < -0.3 is 25.2 Å². The summed E-state index contributed by atoms with van der Waals surface area (Å²) in [6.07, 6.45) is 1.96. The Hall–Kier alpha value is -3.64. The van der Waals surface area contributed by atoms with E-state index in [2.05, 4.69) is 16.8 Å². The number of rotatable bonds is 7. The van der Waals surface area contributed by atoms with Gasteiger partial charge in [-0.25, -0.2) is 0 Å². The molecule has 0 aromatic heterocycles. The zero-order valence-electron chi connectivity index (χ0n) is 22.8. The average Bonchev–Trinajstić information content (AvgIpc) is 3.40. The first-order valence-corrected chi connectivity index (χ1v) is 13.3. The van der Waals surface area contributed by atoms with Crippen LogP contribution in [0.2, 0.25) is 5.02 Å². The van der Waals surface area contributed by atoms with Gasteiger partial charge in [0.2, 0.25) is 0 Å². The van der Waals surface area contributed by atoms with E-state index in [1.807, 2.05) is 45.0 Å². The summed E-state index contributed by atoms with van der Waals surface area (Å²) in [4.78, 5) is 15.1. The zero-order chi connectivity index (χ0) is 28.0. The SMILES string of the molecule is C=C(c1cc(Cl)ccc1O)N1CCCC1c1ccc(C(=O)NCc2cc(C)c(O)c(OC)c2)cc1C.CC. The first-order valence-electron chi connectivity index (χ1n) is 12.9. The minimum Gasteiger partial charge on any atom is -0.507 e. The molecule has 6 nitrogen and oxygen atoms in total. The van der Waals surface area contributed by atoms with Crippen LogP contribution in [0, 0.1) is 13.8 Å². The minimum atomic E-state index is -0.175. The monoisotopic (exact) mass is 536 g/mol. The van der Waals surface area contributed by atoms with E-state index in [-0.39, 0.29) is 23.4 Å². The zero-order valence-corrected chi connectivity index (χ0v) is 23.5. The van der Waals surface area contributed by atoms with Crippen LogP contribution < -0.4 is 10.1 Å². The van der Waals surface area contributed by atoms with Crippen LogP contribution in [0.1, 0.15) is 70.9 Å². The lowest BCUT2D eigenvalue weighted by molar-refractivity contribution is 0.0950. The summed E-state index contributed by atoms with van der Waals surface area (Å²) in [6, 6.07) is 14.4. The predicted octanol–water partition coefficient (Wildman–Crippen LogP) is 7.14. The molecule has 0 saturated carbocycles. The third-order valence-electron chi connectivity index (χ3n) is 6.76. The van der Waals surface area contributed by atoms with Crippen molar-refractivity contribution >= 4 is 23.2 Å². The van der Waals surface area contributed by atoms with Gasteiger partial charge in [-0.15, -0.1) is 0 Å². The van der Waals surface area contributed by atoms with E-state index >= 15 is 0 Å². The number of ether oxygens (including phenoxy) is 1. The highest BCUT2D eigenvalue weighted by molar-refractivity contribution is 6.30. The molecule has 1 saturated heterocycles. The summed E-state index contributed by atoms with van der Waals surface area (Å²) < 4.78 is 5.21. The van der Waals surface area contributed by atoms with Gasteiger partial charge in [0.25, 0.3) is 5.91 Å². The van der Waals surface area contributed by atoms with Gasteiger partial charge in [0, 0.05) is 34.9 Å². The van der Waals surface area contributed by atoms with Crippen molar-refractivity contribution in [3.05, 3.63) is 93.5 Å². The highest BCUT2D eigenvalue weighted by Crippen LogP contribution is 2.41. The molecule has 1 heterocycles. The number of halogens is 1. The number of aromatic hydroxyl groups is 2. The van der Waals surface area contributed by atoms with E-state index in [4.69, 9.17) is 16.3 Å². The van der Waals surface area contributed by atoms with E-state index in [0.29, 0.717) is 34.0 Å². The average molecular weight is 537 g/mol. The topological polar surface area (TPSA) is 82.0 Å². The van der Waals surface area contributed by atoms with E-state index < -0.39 is 0 Å². The number of aryl methyl sites for hydroxylation is 2. The molecule has 38 heavy (non-hydrogen) atoms. The molecule has 3 N–H and O–H groups in total. The number of nitrogens with one attached hydrogen (secondary N) is 1. The molecule has 1 amide bonds. The van der Waals surface area contributed by atoms with Gasteiger partial charge in [-0.1, -0.05) is 44.2 Å². The Bertz CT molecular complexity index is 1320. The summed E-state index contributed by atoms with van der Waals surface area (Å²) in [5.74, 6) is 0.465. The fraction of sp³-hybridized carbons (Fsp3) is 0.323. The Morgan fingerprint density at radius 2 is 1.84 bits per heavy atom. The first kappa shape index (κ1) is 28.9. The minimum absolute atomic E-state index is 0.0976. The quantitative estimate of drug-likeness (QED) is 0.299. The molecule has 3 aromatic rings. The van der Waals surface area contributed by atoms with Gasteiger partial charge in [0.1, 0.15) is 5.75 Å². The summed E-state index contributed by atoms with van der Waals surface area (Å²) in [5, 5.41) is 23.9. The molecule has 202 valence electrons. The standard InChI is InChI=1S/C29H31ClN2O4.C2H6/c1-17-13-21(29(35)31-16-20-12-18(2)28(34)27(14-20)36-4)7-9-23(17)25-6-5-11-32(25)19(3)24-15-22(30)8-10-26(24)33;1-2/h7-10,12-15,25,33-34H,3,5-6,11,16H2,1-2,4H3,(H,31,35);1-2H3. The van der Waals surface area contributed by atoms with Crippen LogP contribution in [0.15, 0.2) is 55.1 Å². The number of hydrogen-bond donors (Lipinski definition) is 3. The summed E-state index contributed by atoms with van der Waals surface area (Å²) >= 11 is 6.16. The number of nitrogens with zero attached hydrogens (tertiary/aromatic N) is 1. The second-order valence-corrected chi connectivity index (χ2v) is 9.61. The lowest BCUT2D eigenvalue weighted by Crippen LogP contribution is -2.24. The molecular formula is C31H37ClN2O4. The van der Waals surface area contributed by atoms with Gasteiger partial charge in [0.05, 0.1) is 13.2 Å². The molecule has 0 radical (unpaired) electrons. The Balaban J connectivity index is 0.00000195. The number of amides is 1. The second-order valence-electron chi connectivity index (χ2n) is 9.18.